The van der Waals surface area contributed by atoms with Crippen molar-refractivity contribution in [2.45, 2.75) is 38.9 Å². The van der Waals surface area contributed by atoms with Crippen LogP contribution in [0.5, 0.6) is 11.5 Å². The van der Waals surface area contributed by atoms with Gasteiger partial charge in [-0.1, -0.05) is 48.5 Å². The summed E-state index contributed by atoms with van der Waals surface area (Å²) in [4.78, 5) is 29.1. The molecule has 3 rings (SSSR count). The molecule has 3 aromatic carbocycles. The fourth-order valence-corrected chi connectivity index (χ4v) is 5.12. The van der Waals surface area contributed by atoms with Gasteiger partial charge in [0.15, 0.2) is 0 Å². The van der Waals surface area contributed by atoms with Crippen LogP contribution in [0.4, 0.5) is 5.69 Å². The minimum Gasteiger partial charge on any atom is -0.497 e. The first-order valence-electron chi connectivity index (χ1n) is 12.9. The molecule has 1 N–H and O–H groups in total. The van der Waals surface area contributed by atoms with Crippen molar-refractivity contribution in [2.75, 3.05) is 31.3 Å². The maximum atomic E-state index is 14.1. The second-order valence-corrected chi connectivity index (χ2v) is 11.6. The zero-order valence-corrected chi connectivity index (χ0v) is 24.4. The summed E-state index contributed by atoms with van der Waals surface area (Å²) in [5.41, 5.74) is 1.88. The van der Waals surface area contributed by atoms with Crippen molar-refractivity contribution in [1.82, 2.24) is 10.2 Å². The Balaban J connectivity index is 2.07. The molecule has 0 aliphatic carbocycles. The molecule has 0 unspecified atom stereocenters. The lowest BCUT2D eigenvalue weighted by atomic mass is 10.0. The van der Waals surface area contributed by atoms with Crippen molar-refractivity contribution in [3.8, 4) is 11.5 Å². The predicted molar refractivity (Wildman–Crippen MR) is 156 cm³/mol. The summed E-state index contributed by atoms with van der Waals surface area (Å²) in [5, 5.41) is 2.93. The van der Waals surface area contributed by atoms with Gasteiger partial charge in [0.1, 0.15) is 24.1 Å². The molecule has 0 radical (unpaired) electrons. The zero-order valence-electron chi connectivity index (χ0n) is 23.5. The number of nitrogens with one attached hydrogen (secondary N) is 1. The molecule has 3 aromatic rings. The number of carbonyl (C=O) groups is 2. The Morgan fingerprint density at radius 2 is 1.45 bits per heavy atom. The fourth-order valence-electron chi connectivity index (χ4n) is 4.28. The summed E-state index contributed by atoms with van der Waals surface area (Å²) in [7, 11) is -0.841. The van der Waals surface area contributed by atoms with E-state index in [1.54, 1.807) is 49.6 Å². The Morgan fingerprint density at radius 3 is 2.05 bits per heavy atom. The normalized spacial score (nSPS) is 11.9. The number of hydrogen-bond donors (Lipinski definition) is 1. The van der Waals surface area contributed by atoms with Crippen LogP contribution in [-0.2, 0) is 32.6 Å². The summed E-state index contributed by atoms with van der Waals surface area (Å²) >= 11 is 0. The standard InChI is InChI=1S/C30H37N3O6S/c1-22(2)31-30(35)28(18-23-11-7-6-8-12-23)32(20-24-13-9-15-26(17-24)38-3)29(34)21-33(40(5,36)37)25-14-10-16-27(19-25)39-4/h6-17,19,22,28H,18,20-21H2,1-5H3,(H,31,35)/t28-/m1/s1. The maximum absolute atomic E-state index is 14.1. The lowest BCUT2D eigenvalue weighted by Crippen LogP contribution is -2.54. The third-order valence-electron chi connectivity index (χ3n) is 6.21. The first-order valence-corrected chi connectivity index (χ1v) is 14.7. The minimum atomic E-state index is -3.87. The molecule has 9 nitrogen and oxygen atoms in total. The molecule has 40 heavy (non-hydrogen) atoms. The number of methoxy groups -OCH3 is 2. The third-order valence-corrected chi connectivity index (χ3v) is 7.35. The van der Waals surface area contributed by atoms with Gasteiger partial charge >= 0.3 is 0 Å². The number of hydrogen-bond acceptors (Lipinski definition) is 6. The number of ether oxygens (including phenoxy) is 2. The van der Waals surface area contributed by atoms with Gasteiger partial charge in [-0.3, -0.25) is 13.9 Å². The van der Waals surface area contributed by atoms with Crippen molar-refractivity contribution < 1.29 is 27.5 Å². The van der Waals surface area contributed by atoms with Crippen LogP contribution in [-0.4, -0.2) is 64.2 Å². The Kier molecular flexibility index (Phi) is 10.6. The summed E-state index contributed by atoms with van der Waals surface area (Å²) < 4.78 is 37.4. The Labute approximate surface area is 236 Å². The average molecular weight is 568 g/mol. The van der Waals surface area contributed by atoms with Gasteiger partial charge in [-0.15, -0.1) is 0 Å². The smallest absolute Gasteiger partial charge is 0.244 e. The van der Waals surface area contributed by atoms with Crippen LogP contribution in [0.1, 0.15) is 25.0 Å². The van der Waals surface area contributed by atoms with E-state index >= 15 is 0 Å². The molecule has 0 heterocycles. The molecule has 1 atom stereocenters. The van der Waals surface area contributed by atoms with Crippen molar-refractivity contribution in [3.05, 3.63) is 90.0 Å². The van der Waals surface area contributed by atoms with Crippen molar-refractivity contribution in [2.24, 2.45) is 0 Å². The summed E-state index contributed by atoms with van der Waals surface area (Å²) in [6.07, 6.45) is 1.28. The van der Waals surface area contributed by atoms with Crippen molar-refractivity contribution >= 4 is 27.5 Å². The highest BCUT2D eigenvalue weighted by atomic mass is 32.2. The zero-order chi connectivity index (χ0) is 29.3. The third kappa shape index (κ3) is 8.47. The second kappa shape index (κ2) is 13.8. The SMILES string of the molecule is COc1cccc(CN(C(=O)CN(c2cccc(OC)c2)S(C)(=O)=O)[C@H](Cc2ccccc2)C(=O)NC(C)C)c1. The van der Waals surface area contributed by atoms with E-state index in [2.05, 4.69) is 5.32 Å². The van der Waals surface area contributed by atoms with Gasteiger partial charge in [-0.05, 0) is 49.2 Å². The number of sulfonamides is 1. The quantitative estimate of drug-likeness (QED) is 0.338. The van der Waals surface area contributed by atoms with Gasteiger partial charge in [0.25, 0.3) is 0 Å². The van der Waals surface area contributed by atoms with E-state index in [9.17, 15) is 18.0 Å². The molecule has 2 amide bonds. The van der Waals surface area contributed by atoms with Crippen LogP contribution in [0.25, 0.3) is 0 Å². The molecule has 10 heteroatoms. The summed E-state index contributed by atoms with van der Waals surface area (Å²) in [6, 6.07) is 22.0. The Morgan fingerprint density at radius 1 is 0.850 bits per heavy atom. The number of anilines is 1. The molecule has 214 valence electrons. The van der Waals surface area contributed by atoms with E-state index in [1.165, 1.54) is 12.0 Å². The van der Waals surface area contributed by atoms with Gasteiger partial charge in [0.2, 0.25) is 21.8 Å². The van der Waals surface area contributed by atoms with Crippen LogP contribution in [0.2, 0.25) is 0 Å². The van der Waals surface area contributed by atoms with Crippen LogP contribution in [0, 0.1) is 0 Å². The predicted octanol–water partition coefficient (Wildman–Crippen LogP) is 3.63. The Hall–Kier alpha value is -4.05. The van der Waals surface area contributed by atoms with Crippen molar-refractivity contribution in [3.63, 3.8) is 0 Å². The highest BCUT2D eigenvalue weighted by Gasteiger charge is 2.33. The molecule has 0 saturated carbocycles. The molecular weight excluding hydrogens is 530 g/mol. The lowest BCUT2D eigenvalue weighted by Gasteiger charge is -2.34. The highest BCUT2D eigenvalue weighted by molar-refractivity contribution is 7.92. The topological polar surface area (TPSA) is 105 Å². The van der Waals surface area contributed by atoms with Gasteiger partial charge in [0.05, 0.1) is 26.2 Å². The molecule has 0 aliphatic rings. The first kappa shape index (κ1) is 30.5. The Bertz CT molecular complexity index is 1400. The number of amides is 2. The highest BCUT2D eigenvalue weighted by Crippen LogP contribution is 2.24. The van der Waals surface area contributed by atoms with E-state index in [1.807, 2.05) is 50.2 Å². The summed E-state index contributed by atoms with van der Waals surface area (Å²) in [5.74, 6) is 0.189. The number of carbonyl (C=O) groups excluding carboxylic acids is 2. The van der Waals surface area contributed by atoms with Crippen LogP contribution in [0.3, 0.4) is 0 Å². The minimum absolute atomic E-state index is 0.0642. The van der Waals surface area contributed by atoms with Gasteiger partial charge in [0, 0.05) is 25.1 Å². The molecule has 0 fully saturated rings. The molecule has 0 aliphatic heterocycles. The number of benzene rings is 3. The van der Waals surface area contributed by atoms with Crippen LogP contribution in [0.15, 0.2) is 78.9 Å². The largest absolute Gasteiger partial charge is 0.497 e. The number of nitrogens with zero attached hydrogens (tertiary/aromatic N) is 2. The maximum Gasteiger partial charge on any atom is 0.244 e. The van der Waals surface area contributed by atoms with Crippen molar-refractivity contribution in [1.29, 1.82) is 0 Å². The van der Waals surface area contributed by atoms with E-state index < -0.39 is 28.5 Å². The van der Waals surface area contributed by atoms with Gasteiger partial charge in [-0.2, -0.15) is 0 Å². The summed E-state index contributed by atoms with van der Waals surface area (Å²) in [6.45, 7) is 3.25. The lowest BCUT2D eigenvalue weighted by molar-refractivity contribution is -0.140. The van der Waals surface area contributed by atoms with E-state index in [-0.39, 0.29) is 30.6 Å². The van der Waals surface area contributed by atoms with Crippen LogP contribution >= 0.6 is 0 Å². The van der Waals surface area contributed by atoms with E-state index in [0.717, 1.165) is 21.7 Å². The van der Waals surface area contributed by atoms with Crippen LogP contribution < -0.4 is 19.1 Å². The molecule has 0 bridgehead atoms. The molecule has 0 saturated heterocycles. The molecule has 0 aromatic heterocycles. The monoisotopic (exact) mass is 567 g/mol. The van der Waals surface area contributed by atoms with Gasteiger partial charge < -0.3 is 19.7 Å². The molecular formula is C30H37N3O6S. The molecule has 0 spiro atoms. The first-order chi connectivity index (χ1) is 19.0. The van der Waals surface area contributed by atoms with E-state index in [4.69, 9.17) is 9.47 Å². The second-order valence-electron chi connectivity index (χ2n) is 9.71. The average Bonchev–Trinajstić information content (AvgIpc) is 2.93. The fraction of sp³-hybridized carbons (Fsp3) is 0.333. The van der Waals surface area contributed by atoms with E-state index in [0.29, 0.717) is 11.5 Å². The number of rotatable bonds is 13. The van der Waals surface area contributed by atoms with Gasteiger partial charge in [-0.25, -0.2) is 8.42 Å².